The van der Waals surface area contributed by atoms with Gasteiger partial charge in [0.2, 0.25) is 5.91 Å². The summed E-state index contributed by atoms with van der Waals surface area (Å²) in [7, 11) is 3.15. The van der Waals surface area contributed by atoms with E-state index in [0.717, 1.165) is 0 Å². The molecular weight excluding hydrogens is 296 g/mol. The van der Waals surface area contributed by atoms with Crippen LogP contribution >= 0.6 is 12.4 Å². The highest BCUT2D eigenvalue weighted by Crippen LogP contribution is 2.27. The van der Waals surface area contributed by atoms with Gasteiger partial charge in [0.05, 0.1) is 20.8 Å². The smallest absolute Gasteiger partial charge is 0.221 e. The zero-order chi connectivity index (χ0) is 15.0. The Balaban J connectivity index is 0.00000400. The van der Waals surface area contributed by atoms with Crippen LogP contribution in [-0.4, -0.2) is 39.3 Å². The molecule has 7 heteroatoms. The van der Waals surface area contributed by atoms with E-state index in [1.165, 1.54) is 0 Å². The van der Waals surface area contributed by atoms with Gasteiger partial charge in [0.1, 0.15) is 23.9 Å². The second kappa shape index (κ2) is 10.1. The van der Waals surface area contributed by atoms with Crippen molar-refractivity contribution in [2.45, 2.75) is 19.4 Å². The average Bonchev–Trinajstić information content (AvgIpc) is 2.42. The Morgan fingerprint density at radius 1 is 1.19 bits per heavy atom. The molecule has 0 heterocycles. The summed E-state index contributed by atoms with van der Waals surface area (Å²) in [4.78, 5) is 11.4. The topological polar surface area (TPSA) is 82.8 Å². The van der Waals surface area contributed by atoms with Crippen molar-refractivity contribution in [3.8, 4) is 17.2 Å². The molecule has 21 heavy (non-hydrogen) atoms. The van der Waals surface area contributed by atoms with Crippen LogP contribution in [-0.2, 0) is 4.79 Å². The van der Waals surface area contributed by atoms with E-state index in [9.17, 15) is 4.79 Å². The lowest BCUT2D eigenvalue weighted by Gasteiger charge is -2.11. The summed E-state index contributed by atoms with van der Waals surface area (Å²) in [6, 6.07) is 5.13. The maximum absolute atomic E-state index is 11.4. The maximum atomic E-state index is 11.4. The average molecular weight is 319 g/mol. The van der Waals surface area contributed by atoms with Crippen LogP contribution in [0.2, 0.25) is 0 Å². The third-order valence-electron chi connectivity index (χ3n) is 2.53. The van der Waals surface area contributed by atoms with Gasteiger partial charge >= 0.3 is 0 Å². The highest BCUT2D eigenvalue weighted by atomic mass is 35.5. The normalized spacial score (nSPS) is 11.0. The Hall–Kier alpha value is -1.66. The standard InChI is InChI=1S/C14H22N2O4.ClH/c1-10(15)6-14(17)16-4-5-20-13-8-11(18-2)7-12(9-13)19-3;/h7-10H,4-6,15H2,1-3H3,(H,16,17);1H. The van der Waals surface area contributed by atoms with Crippen molar-refractivity contribution in [2.24, 2.45) is 5.73 Å². The largest absolute Gasteiger partial charge is 0.496 e. The molecular formula is C14H23ClN2O4. The number of hydrogen-bond acceptors (Lipinski definition) is 5. The molecule has 0 aliphatic rings. The first-order chi connectivity index (χ1) is 9.55. The lowest BCUT2D eigenvalue weighted by molar-refractivity contribution is -0.121. The third-order valence-corrected chi connectivity index (χ3v) is 2.53. The van der Waals surface area contributed by atoms with Gasteiger partial charge in [-0.2, -0.15) is 0 Å². The van der Waals surface area contributed by atoms with Crippen molar-refractivity contribution in [1.29, 1.82) is 0 Å². The van der Waals surface area contributed by atoms with Crippen LogP contribution in [0.3, 0.4) is 0 Å². The first-order valence-corrected chi connectivity index (χ1v) is 6.43. The summed E-state index contributed by atoms with van der Waals surface area (Å²) in [5.41, 5.74) is 5.53. The Bertz CT molecular complexity index is 419. The van der Waals surface area contributed by atoms with E-state index in [0.29, 0.717) is 36.8 Å². The Morgan fingerprint density at radius 2 is 1.71 bits per heavy atom. The van der Waals surface area contributed by atoms with Gasteiger partial charge in [-0.3, -0.25) is 4.79 Å². The number of benzene rings is 1. The van der Waals surface area contributed by atoms with Crippen molar-refractivity contribution >= 4 is 18.3 Å². The van der Waals surface area contributed by atoms with Crippen LogP contribution in [0, 0.1) is 0 Å². The molecule has 0 aromatic heterocycles. The number of methoxy groups -OCH3 is 2. The van der Waals surface area contributed by atoms with Crippen LogP contribution in [0.1, 0.15) is 13.3 Å². The van der Waals surface area contributed by atoms with Crippen molar-refractivity contribution in [3.05, 3.63) is 18.2 Å². The molecule has 1 unspecified atom stereocenters. The number of carbonyl (C=O) groups excluding carboxylic acids is 1. The molecule has 1 aromatic rings. The van der Waals surface area contributed by atoms with Crippen molar-refractivity contribution in [3.63, 3.8) is 0 Å². The summed E-state index contributed by atoms with van der Waals surface area (Å²) in [6.45, 7) is 2.57. The lowest BCUT2D eigenvalue weighted by Crippen LogP contribution is -2.32. The number of hydrogen-bond donors (Lipinski definition) is 2. The van der Waals surface area contributed by atoms with E-state index in [1.54, 1.807) is 39.3 Å². The minimum absolute atomic E-state index is 0. The molecule has 0 saturated heterocycles. The summed E-state index contributed by atoms with van der Waals surface area (Å²) < 4.78 is 15.8. The van der Waals surface area contributed by atoms with Crippen molar-refractivity contribution in [1.82, 2.24) is 5.32 Å². The Morgan fingerprint density at radius 3 is 2.19 bits per heavy atom. The van der Waals surface area contributed by atoms with Gasteiger partial charge in [0.15, 0.2) is 0 Å². The van der Waals surface area contributed by atoms with Gasteiger partial charge < -0.3 is 25.3 Å². The minimum Gasteiger partial charge on any atom is -0.496 e. The second-order valence-corrected chi connectivity index (χ2v) is 4.43. The van der Waals surface area contributed by atoms with E-state index < -0.39 is 0 Å². The first-order valence-electron chi connectivity index (χ1n) is 6.43. The van der Waals surface area contributed by atoms with E-state index in [-0.39, 0.29) is 24.4 Å². The van der Waals surface area contributed by atoms with Gasteiger partial charge in [-0.05, 0) is 6.92 Å². The SMILES string of the molecule is COc1cc(OC)cc(OCCNC(=O)CC(C)N)c1.Cl. The molecule has 120 valence electrons. The van der Waals surface area contributed by atoms with Crippen LogP contribution in [0.25, 0.3) is 0 Å². The quantitative estimate of drug-likeness (QED) is 0.707. The maximum Gasteiger partial charge on any atom is 0.221 e. The lowest BCUT2D eigenvalue weighted by atomic mass is 10.2. The first kappa shape index (κ1) is 19.3. The monoisotopic (exact) mass is 318 g/mol. The molecule has 0 fully saturated rings. The molecule has 0 spiro atoms. The molecule has 1 rings (SSSR count). The number of amides is 1. The summed E-state index contributed by atoms with van der Waals surface area (Å²) >= 11 is 0. The van der Waals surface area contributed by atoms with E-state index in [1.807, 2.05) is 0 Å². The van der Waals surface area contributed by atoms with Gasteiger partial charge in [-0.15, -0.1) is 12.4 Å². The number of nitrogens with two attached hydrogens (primary N) is 1. The van der Waals surface area contributed by atoms with Crippen LogP contribution in [0.5, 0.6) is 17.2 Å². The molecule has 1 aromatic carbocycles. The van der Waals surface area contributed by atoms with Crippen LogP contribution < -0.4 is 25.3 Å². The highest BCUT2D eigenvalue weighted by Gasteiger charge is 2.05. The Labute approximate surface area is 131 Å². The van der Waals surface area contributed by atoms with Gasteiger partial charge in [0.25, 0.3) is 0 Å². The predicted molar refractivity (Wildman–Crippen MR) is 83.6 cm³/mol. The summed E-state index contributed by atoms with van der Waals surface area (Å²) in [5.74, 6) is 1.86. The molecule has 3 N–H and O–H groups in total. The number of ether oxygens (including phenoxy) is 3. The predicted octanol–water partition coefficient (Wildman–Crippen LogP) is 1.36. The second-order valence-electron chi connectivity index (χ2n) is 4.43. The molecule has 0 aliphatic heterocycles. The molecule has 0 aliphatic carbocycles. The fourth-order valence-corrected chi connectivity index (χ4v) is 1.59. The zero-order valence-corrected chi connectivity index (χ0v) is 13.4. The van der Waals surface area contributed by atoms with E-state index in [4.69, 9.17) is 19.9 Å². The molecule has 1 amide bonds. The molecule has 6 nitrogen and oxygen atoms in total. The molecule has 0 radical (unpaired) electrons. The molecule has 0 saturated carbocycles. The number of carbonyl (C=O) groups is 1. The molecule has 0 bridgehead atoms. The van der Waals surface area contributed by atoms with Crippen molar-refractivity contribution < 1.29 is 19.0 Å². The van der Waals surface area contributed by atoms with Gasteiger partial charge in [-0.25, -0.2) is 0 Å². The number of nitrogens with one attached hydrogen (secondary N) is 1. The van der Waals surface area contributed by atoms with Gasteiger partial charge in [0, 0.05) is 30.7 Å². The van der Waals surface area contributed by atoms with E-state index >= 15 is 0 Å². The highest BCUT2D eigenvalue weighted by molar-refractivity contribution is 5.85. The van der Waals surface area contributed by atoms with Crippen molar-refractivity contribution in [2.75, 3.05) is 27.4 Å². The number of halogens is 1. The third kappa shape index (κ3) is 7.63. The fourth-order valence-electron chi connectivity index (χ4n) is 1.59. The van der Waals surface area contributed by atoms with Crippen LogP contribution in [0.4, 0.5) is 0 Å². The summed E-state index contributed by atoms with van der Waals surface area (Å²) in [5, 5.41) is 2.74. The summed E-state index contributed by atoms with van der Waals surface area (Å²) in [6.07, 6.45) is 0.312. The fraction of sp³-hybridized carbons (Fsp3) is 0.500. The number of rotatable bonds is 8. The van der Waals surface area contributed by atoms with Gasteiger partial charge in [-0.1, -0.05) is 0 Å². The molecule has 1 atom stereocenters. The van der Waals surface area contributed by atoms with E-state index in [2.05, 4.69) is 5.32 Å². The Kier molecular flexibility index (Phi) is 9.32. The zero-order valence-electron chi connectivity index (χ0n) is 12.5. The van der Waals surface area contributed by atoms with Crippen LogP contribution in [0.15, 0.2) is 18.2 Å². The minimum atomic E-state index is -0.140.